The summed E-state index contributed by atoms with van der Waals surface area (Å²) in [7, 11) is 0. The fourth-order valence-electron chi connectivity index (χ4n) is 1.50. The second-order valence-electron chi connectivity index (χ2n) is 4.02. The van der Waals surface area contributed by atoms with Gasteiger partial charge in [-0.1, -0.05) is 12.2 Å². The van der Waals surface area contributed by atoms with Gasteiger partial charge in [-0.25, -0.2) is 0 Å². The Balaban J connectivity index is 2.87. The molecule has 0 aromatic carbocycles. The lowest BCUT2D eigenvalue weighted by Crippen LogP contribution is -2.18. The molecule has 2 heteroatoms. The third-order valence-electron chi connectivity index (χ3n) is 2.07. The number of carbonyl (C=O) groups excluding carboxylic acids is 1. The summed E-state index contributed by atoms with van der Waals surface area (Å²) in [6.45, 7) is 3.43. The van der Waals surface area contributed by atoms with Crippen LogP contribution in [0.25, 0.3) is 0 Å². The van der Waals surface area contributed by atoms with Gasteiger partial charge in [0, 0.05) is 5.92 Å². The predicted octanol–water partition coefficient (Wildman–Crippen LogP) is 1.85. The van der Waals surface area contributed by atoms with E-state index in [1.54, 1.807) is 19.9 Å². The van der Waals surface area contributed by atoms with E-state index in [0.717, 1.165) is 24.7 Å². The van der Waals surface area contributed by atoms with Crippen molar-refractivity contribution in [2.24, 2.45) is 5.92 Å². The van der Waals surface area contributed by atoms with Gasteiger partial charge in [0.2, 0.25) is 0 Å². The number of allylic oxidation sites excluding steroid dienone is 3. The number of aldehydes is 1. The molecule has 0 heterocycles. The smallest absolute Gasteiger partial charge is 0.127 e. The lowest BCUT2D eigenvalue weighted by atomic mass is 9.88. The van der Waals surface area contributed by atoms with Gasteiger partial charge in [0.05, 0.1) is 5.60 Å². The summed E-state index contributed by atoms with van der Waals surface area (Å²) in [5, 5.41) is 9.56. The van der Waals surface area contributed by atoms with E-state index in [1.807, 2.05) is 12.2 Å². The summed E-state index contributed by atoms with van der Waals surface area (Å²) in [5.41, 5.74) is 0.104. The fraction of sp³-hybridized carbons (Fsp3) is 0.545. The number of hydrogen-bond donors (Lipinski definition) is 1. The molecule has 0 aliphatic heterocycles. The van der Waals surface area contributed by atoms with Crippen molar-refractivity contribution in [2.45, 2.75) is 32.3 Å². The van der Waals surface area contributed by atoms with Crippen LogP contribution in [0.15, 0.2) is 23.8 Å². The van der Waals surface area contributed by atoms with Gasteiger partial charge in [-0.05, 0) is 38.3 Å². The van der Waals surface area contributed by atoms with Crippen LogP contribution < -0.4 is 0 Å². The van der Waals surface area contributed by atoms with Crippen LogP contribution in [0, 0.1) is 5.92 Å². The first-order chi connectivity index (χ1) is 6.03. The molecule has 2 nitrogen and oxygen atoms in total. The number of carbonyl (C=O) groups is 1. The van der Waals surface area contributed by atoms with E-state index >= 15 is 0 Å². The van der Waals surface area contributed by atoms with Crippen LogP contribution >= 0.6 is 0 Å². The average molecular weight is 180 g/mol. The quantitative estimate of drug-likeness (QED) is 0.658. The molecule has 0 bridgehead atoms. The zero-order chi connectivity index (χ0) is 9.90. The molecule has 0 fully saturated rings. The summed E-state index contributed by atoms with van der Waals surface area (Å²) in [5.74, 6) is -0.0311. The molecule has 1 aliphatic carbocycles. The lowest BCUT2D eigenvalue weighted by Gasteiger charge is -2.19. The molecule has 72 valence electrons. The van der Waals surface area contributed by atoms with Gasteiger partial charge in [0.1, 0.15) is 6.29 Å². The van der Waals surface area contributed by atoms with Gasteiger partial charge in [0.25, 0.3) is 0 Å². The van der Waals surface area contributed by atoms with E-state index < -0.39 is 5.60 Å². The van der Waals surface area contributed by atoms with Crippen molar-refractivity contribution in [3.05, 3.63) is 23.8 Å². The summed E-state index contributed by atoms with van der Waals surface area (Å²) < 4.78 is 0. The maximum absolute atomic E-state index is 10.7. The van der Waals surface area contributed by atoms with Gasteiger partial charge < -0.3 is 9.90 Å². The summed E-state index contributed by atoms with van der Waals surface area (Å²) >= 11 is 0. The van der Waals surface area contributed by atoms with E-state index in [2.05, 4.69) is 0 Å². The first-order valence-electron chi connectivity index (χ1n) is 4.60. The third-order valence-corrected chi connectivity index (χ3v) is 2.07. The Morgan fingerprint density at radius 2 is 2.31 bits per heavy atom. The first kappa shape index (κ1) is 10.2. The highest BCUT2D eigenvalue weighted by Crippen LogP contribution is 2.24. The van der Waals surface area contributed by atoms with Gasteiger partial charge in [-0.3, -0.25) is 0 Å². The highest BCUT2D eigenvalue weighted by atomic mass is 16.3. The normalized spacial score (nSPS) is 26.4. The van der Waals surface area contributed by atoms with E-state index in [0.29, 0.717) is 0 Å². The Morgan fingerprint density at radius 1 is 1.62 bits per heavy atom. The molecule has 0 radical (unpaired) electrons. The molecule has 1 atom stereocenters. The highest BCUT2D eigenvalue weighted by Gasteiger charge is 2.17. The molecule has 0 saturated carbocycles. The molecule has 0 amide bonds. The third kappa shape index (κ3) is 3.15. The second kappa shape index (κ2) is 3.88. The highest BCUT2D eigenvalue weighted by molar-refractivity contribution is 5.61. The maximum Gasteiger partial charge on any atom is 0.127 e. The minimum absolute atomic E-state index is 0.0311. The molecule has 1 rings (SSSR count). The van der Waals surface area contributed by atoms with Crippen LogP contribution in [0.2, 0.25) is 0 Å². The summed E-state index contributed by atoms with van der Waals surface area (Å²) in [6.07, 6.45) is 8.50. The molecule has 0 unspecified atom stereocenters. The van der Waals surface area contributed by atoms with Crippen molar-refractivity contribution in [1.29, 1.82) is 0 Å². The Morgan fingerprint density at radius 3 is 2.85 bits per heavy atom. The minimum atomic E-state index is -0.835. The zero-order valence-corrected chi connectivity index (χ0v) is 8.16. The Labute approximate surface area is 79.0 Å². The van der Waals surface area contributed by atoms with Crippen LogP contribution in [0.3, 0.4) is 0 Å². The fourth-order valence-corrected chi connectivity index (χ4v) is 1.50. The van der Waals surface area contributed by atoms with E-state index in [1.165, 1.54) is 0 Å². The van der Waals surface area contributed by atoms with Crippen molar-refractivity contribution >= 4 is 6.29 Å². The molecule has 1 aliphatic rings. The Bertz CT molecular complexity index is 243. The van der Waals surface area contributed by atoms with Crippen LogP contribution in [0.1, 0.15) is 26.7 Å². The SMILES string of the molecule is CC(C)(O)/C=C1/C=CCC[C@H]1C=O. The van der Waals surface area contributed by atoms with E-state index in [9.17, 15) is 9.90 Å². The first-order valence-corrected chi connectivity index (χ1v) is 4.60. The van der Waals surface area contributed by atoms with Crippen molar-refractivity contribution in [1.82, 2.24) is 0 Å². The largest absolute Gasteiger partial charge is 0.386 e. The molecule has 1 N–H and O–H groups in total. The molecular weight excluding hydrogens is 164 g/mol. The maximum atomic E-state index is 10.7. The van der Waals surface area contributed by atoms with Gasteiger partial charge in [0.15, 0.2) is 0 Å². The van der Waals surface area contributed by atoms with Crippen LogP contribution in [0.4, 0.5) is 0 Å². The Hall–Kier alpha value is -0.890. The Kier molecular flexibility index (Phi) is 3.04. The van der Waals surface area contributed by atoms with Crippen LogP contribution in [-0.2, 0) is 4.79 Å². The van der Waals surface area contributed by atoms with Crippen LogP contribution in [0.5, 0.6) is 0 Å². The molecule has 0 aromatic rings. The molecule has 13 heavy (non-hydrogen) atoms. The van der Waals surface area contributed by atoms with Crippen molar-refractivity contribution < 1.29 is 9.90 Å². The average Bonchev–Trinajstić information content (AvgIpc) is 2.02. The minimum Gasteiger partial charge on any atom is -0.386 e. The molecule has 0 saturated heterocycles. The molecular formula is C11H16O2. The predicted molar refractivity (Wildman–Crippen MR) is 52.3 cm³/mol. The van der Waals surface area contributed by atoms with Crippen molar-refractivity contribution in [2.75, 3.05) is 0 Å². The van der Waals surface area contributed by atoms with Gasteiger partial charge >= 0.3 is 0 Å². The van der Waals surface area contributed by atoms with Crippen molar-refractivity contribution in [3.63, 3.8) is 0 Å². The van der Waals surface area contributed by atoms with Gasteiger partial charge in [-0.2, -0.15) is 0 Å². The number of rotatable bonds is 2. The zero-order valence-electron chi connectivity index (χ0n) is 8.16. The lowest BCUT2D eigenvalue weighted by molar-refractivity contribution is -0.110. The molecule has 0 spiro atoms. The van der Waals surface area contributed by atoms with Crippen molar-refractivity contribution in [3.8, 4) is 0 Å². The van der Waals surface area contributed by atoms with E-state index in [4.69, 9.17) is 0 Å². The summed E-state index contributed by atoms with van der Waals surface area (Å²) in [6, 6.07) is 0. The van der Waals surface area contributed by atoms with E-state index in [-0.39, 0.29) is 5.92 Å². The second-order valence-corrected chi connectivity index (χ2v) is 4.02. The standard InChI is InChI=1S/C11H16O2/c1-11(2,13)7-9-5-3-4-6-10(9)8-12/h3,5,7-8,10,13H,4,6H2,1-2H3/b9-7-/t10-/m0/s1. The molecule has 0 aromatic heterocycles. The number of aliphatic hydroxyl groups is 1. The monoisotopic (exact) mass is 180 g/mol. The number of hydrogen-bond acceptors (Lipinski definition) is 2. The van der Waals surface area contributed by atoms with Gasteiger partial charge in [-0.15, -0.1) is 0 Å². The summed E-state index contributed by atoms with van der Waals surface area (Å²) in [4.78, 5) is 10.7. The topological polar surface area (TPSA) is 37.3 Å². The van der Waals surface area contributed by atoms with Crippen LogP contribution in [-0.4, -0.2) is 17.0 Å².